The molecule has 4 heteroatoms. The topological polar surface area (TPSA) is 26.3 Å². The zero-order chi connectivity index (χ0) is 11.9. The normalized spacial score (nSPS) is 26.8. The van der Waals surface area contributed by atoms with Gasteiger partial charge in [0.25, 0.3) is 0 Å². The van der Waals surface area contributed by atoms with Crippen molar-refractivity contribution < 1.29 is 9.53 Å². The minimum absolute atomic E-state index is 0.0626. The lowest BCUT2D eigenvalue weighted by Crippen LogP contribution is -2.46. The molecule has 3 rings (SSSR count). The number of halogens is 1. The molecule has 1 aliphatic carbocycles. The van der Waals surface area contributed by atoms with Crippen LogP contribution in [-0.4, -0.2) is 18.0 Å². The van der Waals surface area contributed by atoms with E-state index in [9.17, 15) is 4.79 Å². The summed E-state index contributed by atoms with van der Waals surface area (Å²) in [7, 11) is 0. The van der Waals surface area contributed by atoms with E-state index in [2.05, 4.69) is 15.9 Å². The predicted octanol–water partition coefficient (Wildman–Crippen LogP) is 4.04. The summed E-state index contributed by atoms with van der Waals surface area (Å²) in [6.45, 7) is 0.753. The molecule has 0 aromatic carbocycles. The molecule has 2 fully saturated rings. The minimum atomic E-state index is 0.0626. The van der Waals surface area contributed by atoms with Gasteiger partial charge in [0, 0.05) is 22.4 Å². The summed E-state index contributed by atoms with van der Waals surface area (Å²) in [5.74, 6) is 0.491. The van der Waals surface area contributed by atoms with Crippen LogP contribution >= 0.6 is 27.3 Å². The van der Waals surface area contributed by atoms with Gasteiger partial charge in [-0.1, -0.05) is 0 Å². The van der Waals surface area contributed by atoms with Gasteiger partial charge in [-0.15, -0.1) is 11.3 Å². The van der Waals surface area contributed by atoms with Crippen LogP contribution in [0.5, 0.6) is 0 Å². The number of carbonyl (C=O) groups is 1. The van der Waals surface area contributed by atoms with Gasteiger partial charge < -0.3 is 4.74 Å². The number of Topliss-reactive ketones (excluding diaryl/α,β-unsaturated/α-hetero) is 1. The van der Waals surface area contributed by atoms with Crippen molar-refractivity contribution >= 4 is 33.0 Å². The highest BCUT2D eigenvalue weighted by Crippen LogP contribution is 2.45. The molecule has 1 atom stereocenters. The summed E-state index contributed by atoms with van der Waals surface area (Å²) in [5, 5.41) is 1.98. The van der Waals surface area contributed by atoms with Crippen LogP contribution in [0.1, 0.15) is 41.8 Å². The summed E-state index contributed by atoms with van der Waals surface area (Å²) in [5.41, 5.74) is 0.0626. The molecule has 1 saturated heterocycles. The quantitative estimate of drug-likeness (QED) is 0.770. The smallest absolute Gasteiger partial charge is 0.176 e. The van der Waals surface area contributed by atoms with Crippen molar-refractivity contribution in [2.75, 3.05) is 6.61 Å². The summed E-state index contributed by atoms with van der Waals surface area (Å²) in [4.78, 5) is 13.3. The van der Waals surface area contributed by atoms with Gasteiger partial charge in [0.2, 0.25) is 0 Å². The molecule has 1 aromatic rings. The number of hydrogen-bond donors (Lipinski definition) is 0. The van der Waals surface area contributed by atoms with Crippen molar-refractivity contribution in [3.63, 3.8) is 0 Å². The average Bonchev–Trinajstić information content (AvgIpc) is 2.73. The van der Waals surface area contributed by atoms with Crippen molar-refractivity contribution in [3.05, 3.63) is 20.8 Å². The number of hydrogen-bond acceptors (Lipinski definition) is 3. The molecular formula is C13H15BrO2S. The maximum Gasteiger partial charge on any atom is 0.176 e. The van der Waals surface area contributed by atoms with Crippen molar-refractivity contribution in [1.82, 2.24) is 0 Å². The maximum atomic E-state index is 12.4. The van der Waals surface area contributed by atoms with E-state index < -0.39 is 0 Å². The second kappa shape index (κ2) is 4.48. The zero-order valence-electron chi connectivity index (χ0n) is 9.58. The van der Waals surface area contributed by atoms with E-state index in [0.29, 0.717) is 5.78 Å². The molecule has 2 nitrogen and oxygen atoms in total. The molecule has 2 heterocycles. The Hall–Kier alpha value is -0.190. The Bertz CT molecular complexity index is 436. The molecule has 1 saturated carbocycles. The van der Waals surface area contributed by atoms with Crippen molar-refractivity contribution in [1.29, 1.82) is 0 Å². The van der Waals surface area contributed by atoms with Crippen LogP contribution in [-0.2, 0) is 4.74 Å². The maximum absolute atomic E-state index is 12.4. The van der Waals surface area contributed by atoms with Gasteiger partial charge in [0.05, 0.1) is 10.5 Å². The molecule has 0 N–H and O–H groups in total. The Morgan fingerprint density at radius 2 is 2.35 bits per heavy atom. The summed E-state index contributed by atoms with van der Waals surface area (Å²) in [6, 6.07) is 1.94. The molecular weight excluding hydrogens is 300 g/mol. The van der Waals surface area contributed by atoms with Crippen LogP contribution < -0.4 is 0 Å². The lowest BCUT2D eigenvalue weighted by Gasteiger charge is -2.46. The number of ketones is 1. The zero-order valence-corrected chi connectivity index (χ0v) is 12.0. The first-order valence-corrected chi connectivity index (χ1v) is 7.78. The van der Waals surface area contributed by atoms with E-state index in [-0.39, 0.29) is 11.5 Å². The molecule has 0 amide bonds. The summed E-state index contributed by atoms with van der Waals surface area (Å²) >= 11 is 4.95. The van der Waals surface area contributed by atoms with E-state index in [1.54, 1.807) is 0 Å². The third-order valence-corrected chi connectivity index (χ3v) is 5.64. The second-order valence-corrected chi connectivity index (χ2v) is 6.90. The molecule has 17 heavy (non-hydrogen) atoms. The largest absolute Gasteiger partial charge is 0.375 e. The van der Waals surface area contributed by atoms with E-state index >= 15 is 0 Å². The van der Waals surface area contributed by atoms with Crippen LogP contribution in [0.15, 0.2) is 15.9 Å². The predicted molar refractivity (Wildman–Crippen MR) is 71.6 cm³/mol. The fourth-order valence-corrected chi connectivity index (χ4v) is 4.26. The van der Waals surface area contributed by atoms with Crippen molar-refractivity contribution in [2.45, 2.75) is 37.7 Å². The Labute approximate surface area is 113 Å². The molecule has 0 bridgehead atoms. The third kappa shape index (κ3) is 2.23. The number of rotatable bonds is 2. The third-order valence-electron chi connectivity index (χ3n) is 3.94. The fourth-order valence-electron chi connectivity index (χ4n) is 2.81. The van der Waals surface area contributed by atoms with E-state index in [1.807, 2.05) is 11.4 Å². The van der Waals surface area contributed by atoms with Crippen molar-refractivity contribution in [2.24, 2.45) is 5.92 Å². The highest BCUT2D eigenvalue weighted by Gasteiger charge is 2.44. The number of carbonyl (C=O) groups excluding carboxylic acids is 1. The molecule has 1 unspecified atom stereocenters. The molecule has 2 aliphatic rings. The van der Waals surface area contributed by atoms with E-state index in [1.165, 1.54) is 17.8 Å². The molecule has 1 aliphatic heterocycles. The van der Waals surface area contributed by atoms with Gasteiger partial charge in [-0.3, -0.25) is 4.79 Å². The molecule has 0 radical (unpaired) electrons. The highest BCUT2D eigenvalue weighted by molar-refractivity contribution is 9.10. The molecule has 1 spiro atoms. The fraction of sp³-hybridized carbons (Fsp3) is 0.615. The van der Waals surface area contributed by atoms with Crippen LogP contribution in [0, 0.1) is 5.92 Å². The van der Waals surface area contributed by atoms with E-state index in [4.69, 9.17) is 4.74 Å². The first-order chi connectivity index (χ1) is 8.19. The van der Waals surface area contributed by atoms with Crippen molar-refractivity contribution in [3.8, 4) is 0 Å². The van der Waals surface area contributed by atoms with Crippen LogP contribution in [0.2, 0.25) is 0 Å². The lowest BCUT2D eigenvalue weighted by atomic mass is 9.71. The summed E-state index contributed by atoms with van der Waals surface area (Å²) < 4.78 is 6.88. The molecule has 1 aromatic heterocycles. The first kappa shape index (κ1) is 11.9. The van der Waals surface area contributed by atoms with Gasteiger partial charge in [-0.2, -0.15) is 0 Å². The Morgan fingerprint density at radius 3 is 2.94 bits per heavy atom. The van der Waals surface area contributed by atoms with Gasteiger partial charge in [-0.25, -0.2) is 0 Å². The monoisotopic (exact) mass is 314 g/mol. The van der Waals surface area contributed by atoms with Gasteiger partial charge in [-0.05, 0) is 54.1 Å². The SMILES string of the molecule is O=C(c1cc(Br)cs1)C1CCOC2(CCC2)C1. The summed E-state index contributed by atoms with van der Waals surface area (Å²) in [6.07, 6.45) is 5.36. The van der Waals surface area contributed by atoms with Gasteiger partial charge in [0.15, 0.2) is 5.78 Å². The minimum Gasteiger partial charge on any atom is -0.375 e. The first-order valence-electron chi connectivity index (χ1n) is 6.11. The highest BCUT2D eigenvalue weighted by atomic mass is 79.9. The Morgan fingerprint density at radius 1 is 1.53 bits per heavy atom. The second-order valence-electron chi connectivity index (χ2n) is 5.07. The Balaban J connectivity index is 1.73. The van der Waals surface area contributed by atoms with Crippen LogP contribution in [0.3, 0.4) is 0 Å². The van der Waals surface area contributed by atoms with Crippen LogP contribution in [0.4, 0.5) is 0 Å². The average molecular weight is 315 g/mol. The standard InChI is InChI=1S/C13H15BrO2S/c14-10-6-11(17-8-10)12(15)9-2-5-16-13(7-9)3-1-4-13/h6,8-9H,1-5,7H2. The van der Waals surface area contributed by atoms with E-state index in [0.717, 1.165) is 41.6 Å². The number of ether oxygens (including phenoxy) is 1. The van der Waals surface area contributed by atoms with Gasteiger partial charge >= 0.3 is 0 Å². The van der Waals surface area contributed by atoms with Gasteiger partial charge in [0.1, 0.15) is 0 Å². The van der Waals surface area contributed by atoms with Crippen LogP contribution in [0.25, 0.3) is 0 Å². The number of thiophene rings is 1. The molecule has 92 valence electrons. The Kier molecular flexibility index (Phi) is 3.13. The lowest BCUT2D eigenvalue weighted by molar-refractivity contribution is -0.137.